The van der Waals surface area contributed by atoms with Crippen molar-refractivity contribution in [2.24, 2.45) is 0 Å². The SMILES string of the molecule is COc1ccc(C(=O)N2CC(O)CC2(C)C)cc1F. The molecule has 1 aromatic carbocycles. The quantitative estimate of drug-likeness (QED) is 0.889. The monoisotopic (exact) mass is 267 g/mol. The van der Waals surface area contributed by atoms with Gasteiger partial charge in [0.05, 0.1) is 13.2 Å². The fraction of sp³-hybridized carbons (Fsp3) is 0.500. The second-order valence-electron chi connectivity index (χ2n) is 5.44. The minimum Gasteiger partial charge on any atom is -0.494 e. The van der Waals surface area contributed by atoms with Crippen LogP contribution in [0, 0.1) is 5.82 Å². The predicted octanol–water partition coefficient (Wildman–Crippen LogP) is 1.82. The van der Waals surface area contributed by atoms with Gasteiger partial charge in [0.15, 0.2) is 11.6 Å². The number of β-amino-alcohol motifs (C(OH)–C–C–N with tert-alkyl or cyclic N) is 1. The number of nitrogens with zero attached hydrogens (tertiary/aromatic N) is 1. The van der Waals surface area contributed by atoms with Crippen LogP contribution < -0.4 is 4.74 Å². The first-order valence-corrected chi connectivity index (χ1v) is 6.19. The Kier molecular flexibility index (Phi) is 3.49. The summed E-state index contributed by atoms with van der Waals surface area (Å²) in [6, 6.07) is 4.13. The van der Waals surface area contributed by atoms with Crippen LogP contribution in [0.3, 0.4) is 0 Å². The molecule has 0 bridgehead atoms. The standard InChI is InChI=1S/C14H18FNO3/c1-14(2)7-10(17)8-16(14)13(18)9-4-5-12(19-3)11(15)6-9/h4-6,10,17H,7-8H2,1-3H3. The molecule has 1 N–H and O–H groups in total. The maximum Gasteiger partial charge on any atom is 0.254 e. The fourth-order valence-electron chi connectivity index (χ4n) is 2.52. The Labute approximate surface area is 111 Å². The van der Waals surface area contributed by atoms with Crippen LogP contribution in [-0.2, 0) is 0 Å². The average molecular weight is 267 g/mol. The molecule has 1 heterocycles. The molecular weight excluding hydrogens is 249 g/mol. The van der Waals surface area contributed by atoms with Crippen LogP contribution in [0.25, 0.3) is 0 Å². The molecule has 0 saturated carbocycles. The van der Waals surface area contributed by atoms with Gasteiger partial charge in [-0.05, 0) is 38.5 Å². The van der Waals surface area contributed by atoms with Crippen LogP contribution in [0.2, 0.25) is 0 Å². The number of benzene rings is 1. The van der Waals surface area contributed by atoms with Crippen molar-refractivity contribution in [2.75, 3.05) is 13.7 Å². The zero-order valence-corrected chi connectivity index (χ0v) is 11.3. The summed E-state index contributed by atoms with van der Waals surface area (Å²) < 4.78 is 18.4. The van der Waals surface area contributed by atoms with Crippen molar-refractivity contribution in [1.82, 2.24) is 4.90 Å². The van der Waals surface area contributed by atoms with Gasteiger partial charge >= 0.3 is 0 Å². The molecule has 2 rings (SSSR count). The number of methoxy groups -OCH3 is 1. The topological polar surface area (TPSA) is 49.8 Å². The Morgan fingerprint density at radius 2 is 2.21 bits per heavy atom. The van der Waals surface area contributed by atoms with E-state index in [2.05, 4.69) is 0 Å². The van der Waals surface area contributed by atoms with E-state index in [0.29, 0.717) is 6.42 Å². The Balaban J connectivity index is 2.27. The lowest BCUT2D eigenvalue weighted by Crippen LogP contribution is -2.42. The van der Waals surface area contributed by atoms with Gasteiger partial charge in [-0.15, -0.1) is 0 Å². The van der Waals surface area contributed by atoms with Crippen molar-refractivity contribution in [2.45, 2.75) is 31.9 Å². The van der Waals surface area contributed by atoms with E-state index in [-0.39, 0.29) is 23.8 Å². The van der Waals surface area contributed by atoms with Crippen LogP contribution in [0.15, 0.2) is 18.2 Å². The molecule has 1 aromatic rings. The van der Waals surface area contributed by atoms with Crippen molar-refractivity contribution < 1.29 is 19.0 Å². The van der Waals surface area contributed by atoms with Crippen molar-refractivity contribution in [3.63, 3.8) is 0 Å². The lowest BCUT2D eigenvalue weighted by atomic mass is 10.0. The number of hydrogen-bond acceptors (Lipinski definition) is 3. The fourth-order valence-corrected chi connectivity index (χ4v) is 2.52. The average Bonchev–Trinajstić information content (AvgIpc) is 2.61. The van der Waals surface area contributed by atoms with Gasteiger partial charge in [-0.1, -0.05) is 0 Å². The van der Waals surface area contributed by atoms with Gasteiger partial charge in [0.1, 0.15) is 0 Å². The van der Waals surface area contributed by atoms with Gasteiger partial charge in [0.2, 0.25) is 0 Å². The molecule has 1 fully saturated rings. The molecule has 104 valence electrons. The number of rotatable bonds is 2. The maximum absolute atomic E-state index is 13.6. The van der Waals surface area contributed by atoms with E-state index in [4.69, 9.17) is 4.74 Å². The van der Waals surface area contributed by atoms with E-state index in [9.17, 15) is 14.3 Å². The number of amides is 1. The van der Waals surface area contributed by atoms with E-state index in [1.807, 2.05) is 13.8 Å². The summed E-state index contributed by atoms with van der Waals surface area (Å²) in [5.41, 5.74) is -0.159. The molecular formula is C14H18FNO3. The van der Waals surface area contributed by atoms with E-state index in [0.717, 1.165) is 0 Å². The molecule has 0 aromatic heterocycles. The van der Waals surface area contributed by atoms with Crippen LogP contribution in [-0.4, -0.2) is 41.2 Å². The number of carbonyl (C=O) groups is 1. The van der Waals surface area contributed by atoms with Gasteiger partial charge in [-0.25, -0.2) is 4.39 Å². The zero-order valence-electron chi connectivity index (χ0n) is 11.3. The third-order valence-electron chi connectivity index (χ3n) is 3.50. The van der Waals surface area contributed by atoms with Gasteiger partial charge in [0, 0.05) is 17.6 Å². The molecule has 4 nitrogen and oxygen atoms in total. The number of aliphatic hydroxyl groups excluding tert-OH is 1. The van der Waals surface area contributed by atoms with Crippen LogP contribution >= 0.6 is 0 Å². The number of aliphatic hydroxyl groups is 1. The summed E-state index contributed by atoms with van der Waals surface area (Å²) in [6.07, 6.45) is -0.000709. The molecule has 1 amide bonds. The predicted molar refractivity (Wildman–Crippen MR) is 68.7 cm³/mol. The Bertz CT molecular complexity index is 501. The minimum atomic E-state index is -0.564. The maximum atomic E-state index is 13.6. The molecule has 1 unspecified atom stereocenters. The van der Waals surface area contributed by atoms with Crippen molar-refractivity contribution >= 4 is 5.91 Å². The highest BCUT2D eigenvalue weighted by atomic mass is 19.1. The molecule has 0 spiro atoms. The largest absolute Gasteiger partial charge is 0.494 e. The summed E-state index contributed by atoms with van der Waals surface area (Å²) in [5, 5.41) is 9.68. The highest BCUT2D eigenvalue weighted by Gasteiger charge is 2.40. The van der Waals surface area contributed by atoms with Crippen LogP contribution in [0.1, 0.15) is 30.6 Å². The number of likely N-dealkylation sites (tertiary alicyclic amines) is 1. The van der Waals surface area contributed by atoms with Crippen LogP contribution in [0.5, 0.6) is 5.75 Å². The Morgan fingerprint density at radius 3 is 2.68 bits per heavy atom. The first kappa shape index (κ1) is 13.8. The van der Waals surface area contributed by atoms with E-state index >= 15 is 0 Å². The van der Waals surface area contributed by atoms with Gasteiger partial charge in [-0.2, -0.15) is 0 Å². The minimum absolute atomic E-state index is 0.109. The second-order valence-corrected chi connectivity index (χ2v) is 5.44. The highest BCUT2D eigenvalue weighted by molar-refractivity contribution is 5.95. The van der Waals surface area contributed by atoms with Gasteiger partial charge in [0.25, 0.3) is 5.91 Å². The number of carbonyl (C=O) groups excluding carboxylic acids is 1. The van der Waals surface area contributed by atoms with Gasteiger partial charge < -0.3 is 14.7 Å². The van der Waals surface area contributed by atoms with Crippen molar-refractivity contribution in [1.29, 1.82) is 0 Å². The summed E-state index contributed by atoms with van der Waals surface area (Å²) in [6.45, 7) is 4.06. The van der Waals surface area contributed by atoms with Crippen molar-refractivity contribution in [3.05, 3.63) is 29.6 Å². The Hall–Kier alpha value is -1.62. The van der Waals surface area contributed by atoms with Gasteiger partial charge in [-0.3, -0.25) is 4.79 Å². The summed E-state index contributed by atoms with van der Waals surface area (Å²) in [4.78, 5) is 13.9. The molecule has 19 heavy (non-hydrogen) atoms. The Morgan fingerprint density at radius 1 is 1.53 bits per heavy atom. The first-order valence-electron chi connectivity index (χ1n) is 6.19. The molecule has 1 aliphatic heterocycles. The smallest absolute Gasteiger partial charge is 0.254 e. The number of hydrogen-bond donors (Lipinski definition) is 1. The molecule has 1 atom stereocenters. The normalized spacial score (nSPS) is 21.5. The summed E-state index contributed by atoms with van der Waals surface area (Å²) >= 11 is 0. The zero-order chi connectivity index (χ0) is 14.2. The molecule has 5 heteroatoms. The lowest BCUT2D eigenvalue weighted by molar-refractivity contribution is 0.0640. The van der Waals surface area contributed by atoms with Crippen LogP contribution in [0.4, 0.5) is 4.39 Å². The highest BCUT2D eigenvalue weighted by Crippen LogP contribution is 2.30. The molecule has 0 radical (unpaired) electrons. The lowest BCUT2D eigenvalue weighted by Gasteiger charge is -2.31. The van der Waals surface area contributed by atoms with E-state index in [1.165, 1.54) is 25.3 Å². The molecule has 1 aliphatic rings. The number of halogens is 1. The third kappa shape index (κ3) is 2.56. The number of ether oxygens (including phenoxy) is 1. The first-order chi connectivity index (χ1) is 8.85. The third-order valence-corrected chi connectivity index (χ3v) is 3.50. The van der Waals surface area contributed by atoms with E-state index < -0.39 is 17.5 Å². The summed E-state index contributed by atoms with van der Waals surface area (Å²) in [5.74, 6) is -0.730. The molecule has 1 saturated heterocycles. The molecule has 0 aliphatic carbocycles. The van der Waals surface area contributed by atoms with E-state index in [1.54, 1.807) is 4.90 Å². The van der Waals surface area contributed by atoms with Crippen molar-refractivity contribution in [3.8, 4) is 5.75 Å². The second kappa shape index (κ2) is 4.81. The summed E-state index contributed by atoms with van der Waals surface area (Å²) in [7, 11) is 1.37.